The maximum absolute atomic E-state index is 6.16. The van der Waals surface area contributed by atoms with E-state index in [4.69, 9.17) is 9.31 Å². The summed E-state index contributed by atoms with van der Waals surface area (Å²) in [6, 6.07) is 10.4. The number of allylic oxidation sites excluding steroid dienone is 1. The van der Waals surface area contributed by atoms with Gasteiger partial charge in [0, 0.05) is 5.82 Å². The maximum atomic E-state index is 6.16. The SMILES string of the molecule is C=CCC(B1OC(C)(C)C(C)(C)O1)c1ccccc1. The fourth-order valence-electron chi connectivity index (χ4n) is 2.34. The second-order valence-corrected chi connectivity index (χ2v) is 6.17. The fraction of sp³-hybridized carbons (Fsp3) is 0.500. The van der Waals surface area contributed by atoms with Crippen LogP contribution in [0.4, 0.5) is 0 Å². The van der Waals surface area contributed by atoms with E-state index in [0.29, 0.717) is 0 Å². The highest BCUT2D eigenvalue weighted by Gasteiger charge is 2.53. The standard InChI is InChI=1S/C16H23BO2/c1-6-10-14(13-11-8-7-9-12-13)17-18-15(2,3)16(4,5)19-17/h6-9,11-12,14H,1,10H2,2-5H3. The summed E-state index contributed by atoms with van der Waals surface area (Å²) in [4.78, 5) is 0. The highest BCUT2D eigenvalue weighted by molar-refractivity contribution is 6.47. The second kappa shape index (κ2) is 5.14. The predicted octanol–water partition coefficient (Wildman–Crippen LogP) is 3.98. The van der Waals surface area contributed by atoms with Gasteiger partial charge in [0.05, 0.1) is 11.2 Å². The lowest BCUT2D eigenvalue weighted by atomic mass is 9.66. The molecule has 1 aromatic carbocycles. The van der Waals surface area contributed by atoms with Crippen LogP contribution >= 0.6 is 0 Å². The van der Waals surface area contributed by atoms with Crippen LogP contribution in [-0.4, -0.2) is 18.3 Å². The first-order valence-corrected chi connectivity index (χ1v) is 6.89. The van der Waals surface area contributed by atoms with Crippen LogP contribution < -0.4 is 0 Å². The Labute approximate surface area is 117 Å². The summed E-state index contributed by atoms with van der Waals surface area (Å²) >= 11 is 0. The molecule has 19 heavy (non-hydrogen) atoms. The summed E-state index contributed by atoms with van der Waals surface area (Å²) in [7, 11) is -0.217. The van der Waals surface area contributed by atoms with Gasteiger partial charge in [-0.05, 0) is 39.7 Å². The third-order valence-electron chi connectivity index (χ3n) is 4.25. The van der Waals surface area contributed by atoms with Gasteiger partial charge in [-0.2, -0.15) is 0 Å². The monoisotopic (exact) mass is 258 g/mol. The molecule has 1 aromatic rings. The molecule has 2 nitrogen and oxygen atoms in total. The number of hydrogen-bond donors (Lipinski definition) is 0. The van der Waals surface area contributed by atoms with E-state index in [-0.39, 0.29) is 24.1 Å². The summed E-state index contributed by atoms with van der Waals surface area (Å²) in [5.41, 5.74) is 0.665. The van der Waals surface area contributed by atoms with Crippen molar-refractivity contribution in [1.29, 1.82) is 0 Å². The molecule has 0 amide bonds. The van der Waals surface area contributed by atoms with Crippen molar-refractivity contribution in [1.82, 2.24) is 0 Å². The van der Waals surface area contributed by atoms with Crippen molar-refractivity contribution in [3.63, 3.8) is 0 Å². The van der Waals surface area contributed by atoms with Crippen LogP contribution in [0.5, 0.6) is 0 Å². The lowest BCUT2D eigenvalue weighted by Gasteiger charge is -2.32. The van der Waals surface area contributed by atoms with Crippen molar-refractivity contribution >= 4 is 7.12 Å². The van der Waals surface area contributed by atoms with Crippen LogP contribution in [0.25, 0.3) is 0 Å². The van der Waals surface area contributed by atoms with Gasteiger partial charge in [-0.1, -0.05) is 36.4 Å². The average molecular weight is 258 g/mol. The molecular weight excluding hydrogens is 235 g/mol. The fourth-order valence-corrected chi connectivity index (χ4v) is 2.34. The van der Waals surface area contributed by atoms with E-state index in [1.165, 1.54) is 5.56 Å². The van der Waals surface area contributed by atoms with Gasteiger partial charge in [-0.3, -0.25) is 0 Å². The zero-order valence-corrected chi connectivity index (χ0v) is 12.3. The molecule has 1 unspecified atom stereocenters. The minimum atomic E-state index is -0.286. The highest BCUT2D eigenvalue weighted by atomic mass is 16.7. The Bertz CT molecular complexity index is 423. The van der Waals surface area contributed by atoms with Gasteiger partial charge in [0.25, 0.3) is 0 Å². The van der Waals surface area contributed by atoms with Gasteiger partial charge < -0.3 is 9.31 Å². The van der Waals surface area contributed by atoms with Crippen LogP contribution in [0.2, 0.25) is 0 Å². The topological polar surface area (TPSA) is 18.5 Å². The van der Waals surface area contributed by atoms with Crippen LogP contribution in [0.3, 0.4) is 0 Å². The van der Waals surface area contributed by atoms with Gasteiger partial charge in [-0.25, -0.2) is 0 Å². The molecule has 1 aliphatic rings. The van der Waals surface area contributed by atoms with Gasteiger partial charge in [0.15, 0.2) is 0 Å². The molecule has 0 saturated carbocycles. The molecule has 3 heteroatoms. The van der Waals surface area contributed by atoms with E-state index in [9.17, 15) is 0 Å². The van der Waals surface area contributed by atoms with E-state index in [1.807, 2.05) is 12.1 Å². The lowest BCUT2D eigenvalue weighted by Crippen LogP contribution is -2.41. The lowest BCUT2D eigenvalue weighted by molar-refractivity contribution is 0.00578. The zero-order chi connectivity index (χ0) is 14.1. The second-order valence-electron chi connectivity index (χ2n) is 6.17. The Balaban J connectivity index is 2.25. The normalized spacial score (nSPS) is 22.2. The Hall–Kier alpha value is -1.06. The molecule has 0 N–H and O–H groups in total. The third-order valence-corrected chi connectivity index (χ3v) is 4.25. The van der Waals surface area contributed by atoms with Crippen LogP contribution in [0, 0.1) is 0 Å². The van der Waals surface area contributed by atoms with E-state index in [0.717, 1.165) is 6.42 Å². The van der Waals surface area contributed by atoms with Crippen molar-refractivity contribution in [2.24, 2.45) is 0 Å². The maximum Gasteiger partial charge on any atom is 0.466 e. The number of rotatable bonds is 4. The Morgan fingerprint density at radius 2 is 1.63 bits per heavy atom. The van der Waals surface area contributed by atoms with E-state index < -0.39 is 0 Å². The smallest absolute Gasteiger partial charge is 0.403 e. The number of benzene rings is 1. The van der Waals surface area contributed by atoms with Crippen LogP contribution in [0.15, 0.2) is 43.0 Å². The Morgan fingerprint density at radius 3 is 2.11 bits per heavy atom. The first-order valence-electron chi connectivity index (χ1n) is 6.89. The van der Waals surface area contributed by atoms with Gasteiger partial charge in [0.2, 0.25) is 0 Å². The van der Waals surface area contributed by atoms with Crippen molar-refractivity contribution in [3.05, 3.63) is 48.6 Å². The molecule has 2 rings (SSSR count). The summed E-state index contributed by atoms with van der Waals surface area (Å²) in [6.45, 7) is 12.2. The molecule has 1 saturated heterocycles. The van der Waals surface area contributed by atoms with Crippen LogP contribution in [-0.2, 0) is 9.31 Å². The van der Waals surface area contributed by atoms with Gasteiger partial charge in [0.1, 0.15) is 0 Å². The van der Waals surface area contributed by atoms with Crippen molar-refractivity contribution in [2.75, 3.05) is 0 Å². The van der Waals surface area contributed by atoms with E-state index >= 15 is 0 Å². The molecule has 1 fully saturated rings. The third kappa shape index (κ3) is 2.77. The molecule has 102 valence electrons. The summed E-state index contributed by atoms with van der Waals surface area (Å²) in [5, 5.41) is 0. The molecule has 1 aliphatic heterocycles. The minimum Gasteiger partial charge on any atom is -0.403 e. The molecular formula is C16H23BO2. The average Bonchev–Trinajstić information content (AvgIpc) is 2.56. The Morgan fingerprint density at radius 1 is 1.11 bits per heavy atom. The van der Waals surface area contributed by atoms with E-state index in [1.54, 1.807) is 0 Å². The molecule has 0 aromatic heterocycles. The Kier molecular flexibility index (Phi) is 3.89. The van der Waals surface area contributed by atoms with Crippen molar-refractivity contribution < 1.29 is 9.31 Å². The molecule has 1 atom stereocenters. The summed E-state index contributed by atoms with van der Waals surface area (Å²) < 4.78 is 12.3. The first kappa shape index (κ1) is 14.4. The molecule has 0 spiro atoms. The minimum absolute atomic E-state index is 0.194. The van der Waals surface area contributed by atoms with Crippen molar-refractivity contribution in [2.45, 2.75) is 51.1 Å². The quantitative estimate of drug-likeness (QED) is 0.600. The molecule has 0 radical (unpaired) electrons. The van der Waals surface area contributed by atoms with Crippen LogP contribution in [0.1, 0.15) is 45.5 Å². The van der Waals surface area contributed by atoms with Gasteiger partial charge >= 0.3 is 7.12 Å². The number of hydrogen-bond acceptors (Lipinski definition) is 2. The summed E-state index contributed by atoms with van der Waals surface area (Å²) in [5.74, 6) is 0.194. The molecule has 1 heterocycles. The molecule has 0 bridgehead atoms. The predicted molar refractivity (Wildman–Crippen MR) is 80.1 cm³/mol. The molecule has 0 aliphatic carbocycles. The zero-order valence-electron chi connectivity index (χ0n) is 12.3. The summed E-state index contributed by atoms with van der Waals surface area (Å²) in [6.07, 6.45) is 2.78. The van der Waals surface area contributed by atoms with E-state index in [2.05, 4.69) is 58.5 Å². The van der Waals surface area contributed by atoms with Crippen molar-refractivity contribution in [3.8, 4) is 0 Å². The highest BCUT2D eigenvalue weighted by Crippen LogP contribution is 2.41. The van der Waals surface area contributed by atoms with Gasteiger partial charge in [-0.15, -0.1) is 6.58 Å². The largest absolute Gasteiger partial charge is 0.466 e. The first-order chi connectivity index (χ1) is 8.87.